The molecule has 14 unspecified atom stereocenters. The maximum atomic E-state index is 12.9. The van der Waals surface area contributed by atoms with Crippen LogP contribution in [0, 0.1) is 0 Å². The van der Waals surface area contributed by atoms with Gasteiger partial charge in [0.1, 0.15) is 26.4 Å². The van der Waals surface area contributed by atoms with Gasteiger partial charge in [0.2, 0.25) is 0 Å². The summed E-state index contributed by atoms with van der Waals surface area (Å²) in [5.41, 5.74) is 0. The van der Waals surface area contributed by atoms with Gasteiger partial charge in [0, 0.05) is 57.8 Å². The van der Waals surface area contributed by atoms with E-state index in [9.17, 15) is 28.8 Å². The van der Waals surface area contributed by atoms with Gasteiger partial charge in [-0.05, 0) is 167 Å². The molecule has 0 aromatic heterocycles. The molecule has 0 amide bonds. The highest BCUT2D eigenvalue weighted by Crippen LogP contribution is 2.43. The van der Waals surface area contributed by atoms with Crippen molar-refractivity contribution >= 4 is 35.8 Å². The number of unbranched alkanes of at least 4 members (excludes halogenated alkanes) is 43. The summed E-state index contributed by atoms with van der Waals surface area (Å²) in [7, 11) is 0. The van der Waals surface area contributed by atoms with Gasteiger partial charge in [0.05, 0.1) is 73.2 Å². The number of hydrogen-bond donors (Lipinski definition) is 0. The Bertz CT molecular complexity index is 3010. The quantitative estimate of drug-likeness (QED) is 0.0181. The van der Waals surface area contributed by atoms with E-state index in [0.717, 1.165) is 263 Å². The summed E-state index contributed by atoms with van der Waals surface area (Å²) >= 11 is 0. The van der Waals surface area contributed by atoms with Crippen molar-refractivity contribution in [1.29, 1.82) is 0 Å². The van der Waals surface area contributed by atoms with Crippen molar-refractivity contribution in [3.8, 4) is 0 Å². The smallest absolute Gasteiger partial charge is 0.306 e. The predicted molar refractivity (Wildman–Crippen MR) is 537 cm³/mol. The van der Waals surface area contributed by atoms with Crippen molar-refractivity contribution in [3.05, 3.63) is 72.9 Å². The van der Waals surface area contributed by atoms with E-state index in [1.165, 1.54) is 161 Å². The Kier molecular flexibility index (Phi) is 73.0. The second kappa shape index (κ2) is 82.0. The molecule has 6 fully saturated rings. The molecule has 0 spiro atoms. The van der Waals surface area contributed by atoms with E-state index >= 15 is 0 Å². The van der Waals surface area contributed by atoms with Gasteiger partial charge in [-0.1, -0.05) is 352 Å². The van der Waals surface area contributed by atoms with Crippen LogP contribution in [0.4, 0.5) is 0 Å². The van der Waals surface area contributed by atoms with Crippen LogP contribution in [0.2, 0.25) is 0 Å². The number of carbonyl (C=O) groups is 6. The van der Waals surface area contributed by atoms with Crippen LogP contribution < -0.4 is 0 Å². The Morgan fingerprint density at radius 2 is 0.409 bits per heavy atom. The molecule has 132 heavy (non-hydrogen) atoms. The lowest BCUT2D eigenvalue weighted by molar-refractivity contribution is -0.167. The van der Waals surface area contributed by atoms with Crippen LogP contribution in [0.1, 0.15) is 504 Å². The third-order valence-electron chi connectivity index (χ3n) is 26.8. The molecule has 0 bridgehead atoms. The van der Waals surface area contributed by atoms with E-state index in [0.29, 0.717) is 105 Å². The Balaban J connectivity index is 0.000000470. The topological polar surface area (TPSA) is 233 Å². The Morgan fingerprint density at radius 1 is 0.212 bits per heavy atom. The highest BCUT2D eigenvalue weighted by atomic mass is 16.6. The molecule has 0 N–H and O–H groups in total. The van der Waals surface area contributed by atoms with E-state index in [-0.39, 0.29) is 68.7 Å². The Hall–Kier alpha value is -4.98. The lowest BCUT2D eigenvalue weighted by Gasteiger charge is -2.18. The molecule has 6 rings (SSSR count). The monoisotopic (exact) mass is 1850 g/mol. The third-order valence-corrected chi connectivity index (χ3v) is 26.8. The molecule has 760 valence electrons. The van der Waals surface area contributed by atoms with E-state index < -0.39 is 12.2 Å². The lowest BCUT2D eigenvalue weighted by atomic mass is 10.0. The molecule has 6 saturated heterocycles. The zero-order valence-corrected chi connectivity index (χ0v) is 85.1. The van der Waals surface area contributed by atoms with Crippen molar-refractivity contribution < 1.29 is 85.6 Å². The molecule has 6 heterocycles. The Morgan fingerprint density at radius 3 is 0.712 bits per heavy atom. The summed E-state index contributed by atoms with van der Waals surface area (Å²) in [6, 6.07) is 0. The van der Waals surface area contributed by atoms with Crippen LogP contribution in [-0.4, -0.2) is 148 Å². The number of carbonyl (C=O) groups excluding carboxylic acids is 6. The highest BCUT2D eigenvalue weighted by molar-refractivity contribution is 5.72. The third kappa shape index (κ3) is 68.9. The molecular formula is C114H196O18. The fraction of sp³-hybridized carbons (Fsp3) is 0.842. The summed E-state index contributed by atoms with van der Waals surface area (Å²) in [4.78, 5) is 76.4. The van der Waals surface area contributed by atoms with Crippen molar-refractivity contribution in [2.45, 2.75) is 589 Å². The minimum absolute atomic E-state index is 0.0911. The van der Waals surface area contributed by atoms with E-state index in [1.807, 2.05) is 0 Å². The zero-order chi connectivity index (χ0) is 94.3. The maximum Gasteiger partial charge on any atom is 0.306 e. The van der Waals surface area contributed by atoms with Crippen molar-refractivity contribution in [1.82, 2.24) is 0 Å². The van der Waals surface area contributed by atoms with Gasteiger partial charge in [0.15, 0.2) is 12.2 Å². The summed E-state index contributed by atoms with van der Waals surface area (Å²) in [6.07, 6.45) is 106. The summed E-state index contributed by atoms with van der Waals surface area (Å²) in [5.74, 6) is -1.89. The van der Waals surface area contributed by atoms with E-state index in [2.05, 4.69) is 114 Å². The van der Waals surface area contributed by atoms with Crippen LogP contribution in [0.15, 0.2) is 72.9 Å². The highest BCUT2D eigenvalue weighted by Gasteiger charge is 2.52. The lowest BCUT2D eigenvalue weighted by Crippen LogP contribution is -2.30. The summed E-state index contributed by atoms with van der Waals surface area (Å²) in [6.45, 7) is 12.9. The first kappa shape index (κ1) is 118. The van der Waals surface area contributed by atoms with Gasteiger partial charge >= 0.3 is 35.8 Å². The first-order valence-electron chi connectivity index (χ1n) is 55.7. The van der Waals surface area contributed by atoms with Gasteiger partial charge < -0.3 is 56.8 Å². The number of epoxide rings is 6. The molecule has 0 aromatic rings. The van der Waals surface area contributed by atoms with Gasteiger partial charge in [-0.15, -0.1) is 0 Å². The van der Waals surface area contributed by atoms with E-state index in [1.54, 1.807) is 0 Å². The number of allylic oxidation sites excluding steroid dienone is 12. The van der Waals surface area contributed by atoms with E-state index in [4.69, 9.17) is 56.8 Å². The molecule has 18 heteroatoms. The predicted octanol–water partition coefficient (Wildman–Crippen LogP) is 30.1. The normalized spacial score (nSPS) is 21.5. The molecular weight excluding hydrogens is 1660 g/mol. The van der Waals surface area contributed by atoms with Gasteiger partial charge in [0.25, 0.3) is 0 Å². The molecule has 14 atom stereocenters. The summed E-state index contributed by atoms with van der Waals surface area (Å²) < 4.78 is 68.9. The van der Waals surface area contributed by atoms with Crippen LogP contribution in [0.3, 0.4) is 0 Å². The molecule has 6 aliphatic rings. The molecule has 6 aliphatic heterocycles. The SMILES string of the molecule is CC/C=C\C/C=C\C/C=C\CCCCCCCC(=O)OCC(COC(=O)CCCCCCC/C=C\CCCCCCCC)OC(=O)CCCCCCC/C=C\C/C=C\CCCCC.CCCCCCCCC1OC1CCCCCCCC(=O)OCC(COC(=O)CCCCCCCC1OC1CC1OC1CC1OC1CC)OC(=O)CCCCCCCC1OC1CC1OC1CCCCC. The van der Waals surface area contributed by atoms with Crippen molar-refractivity contribution in [2.75, 3.05) is 26.4 Å². The fourth-order valence-corrected chi connectivity index (χ4v) is 17.9. The van der Waals surface area contributed by atoms with Gasteiger partial charge in [-0.3, -0.25) is 28.8 Å². The number of ether oxygens (including phenoxy) is 12. The van der Waals surface area contributed by atoms with Crippen LogP contribution in [-0.2, 0) is 85.6 Å². The summed E-state index contributed by atoms with van der Waals surface area (Å²) in [5, 5.41) is 0. The second-order valence-electron chi connectivity index (χ2n) is 39.2. The van der Waals surface area contributed by atoms with Crippen molar-refractivity contribution in [2.24, 2.45) is 0 Å². The molecule has 0 saturated carbocycles. The van der Waals surface area contributed by atoms with Gasteiger partial charge in [-0.2, -0.15) is 0 Å². The largest absolute Gasteiger partial charge is 0.462 e. The number of esters is 6. The van der Waals surface area contributed by atoms with Crippen LogP contribution in [0.5, 0.6) is 0 Å². The molecule has 0 radical (unpaired) electrons. The second-order valence-corrected chi connectivity index (χ2v) is 39.2. The molecule has 0 aliphatic carbocycles. The average molecular weight is 1850 g/mol. The first-order valence-corrected chi connectivity index (χ1v) is 55.7. The number of rotatable bonds is 94. The Labute approximate surface area is 805 Å². The molecule has 0 aromatic carbocycles. The average Bonchev–Trinajstić information content (AvgIpc) is 1.63. The fourth-order valence-electron chi connectivity index (χ4n) is 17.9. The minimum atomic E-state index is -0.814. The molecule has 18 nitrogen and oxygen atoms in total. The standard InChI is InChI=1S/C57H98O12.C57H98O6/c1-4-7-9-10-14-22-30-44-45(65-44)31-23-15-11-18-26-34-55(58)61-40-42(63-57(60)36-28-20-13-17-25-32-47-51(67-47)38-50-46(66-50)29-21-8-5-2)41-62-56(59)35-27-19-12-16-24-33-48-52(68-48)39-54-53(69-54)37-49-43(6-3)64-49;1-4-7-10-13-16-19-22-25-28-31-34-37-40-43-46-49-55(58)61-52-54(63-57(60)51-48-45-42-39-36-33-30-27-24-21-18-15-12-9-6-3)53-62-56(59)50-47-44-41-38-35-32-29-26-23-20-17-14-11-8-5-2/h42-54H,4-41H2,1-3H3;7,10,16,18-19,21,25-30,54H,4-6,8-9,11-15,17,20,22-24,31-53H2,1-3H3/b;10-7-,19-16-,21-18-,28-25-,29-26-,30-27-. The minimum Gasteiger partial charge on any atom is -0.462 e. The van der Waals surface area contributed by atoms with Crippen molar-refractivity contribution in [3.63, 3.8) is 0 Å². The van der Waals surface area contributed by atoms with Gasteiger partial charge in [-0.25, -0.2) is 0 Å². The first-order chi connectivity index (χ1) is 64.9. The van der Waals surface area contributed by atoms with Crippen LogP contribution >= 0.6 is 0 Å². The maximum absolute atomic E-state index is 12.9. The number of hydrogen-bond acceptors (Lipinski definition) is 18. The van der Waals surface area contributed by atoms with Crippen LogP contribution in [0.25, 0.3) is 0 Å². The zero-order valence-electron chi connectivity index (χ0n) is 85.1.